The topological polar surface area (TPSA) is 73.1 Å². The highest BCUT2D eigenvalue weighted by molar-refractivity contribution is 5.64. The van der Waals surface area contributed by atoms with Crippen molar-refractivity contribution in [1.82, 2.24) is 15.3 Å². The maximum Gasteiger partial charge on any atom is 0.231 e. The second kappa shape index (κ2) is 5.05. The molecule has 21 heavy (non-hydrogen) atoms. The Balaban J connectivity index is 1.94. The zero-order valence-corrected chi connectivity index (χ0v) is 11.5. The molecule has 1 aliphatic heterocycles. The van der Waals surface area contributed by atoms with Gasteiger partial charge in [-0.15, -0.1) is 0 Å². The smallest absolute Gasteiger partial charge is 0.231 e. The summed E-state index contributed by atoms with van der Waals surface area (Å²) >= 11 is 0. The molecule has 6 heteroatoms. The highest BCUT2D eigenvalue weighted by Gasteiger charge is 2.32. The van der Waals surface area contributed by atoms with E-state index in [2.05, 4.69) is 21.9 Å². The van der Waals surface area contributed by atoms with Gasteiger partial charge in [-0.1, -0.05) is 24.8 Å². The first-order valence-corrected chi connectivity index (χ1v) is 6.53. The largest absolute Gasteiger partial charge is 0.435 e. The lowest BCUT2D eigenvalue weighted by Gasteiger charge is -2.21. The number of hydrogen-bond donors (Lipinski definition) is 2. The Morgan fingerprint density at radius 3 is 3.05 bits per heavy atom. The second-order valence-electron chi connectivity index (χ2n) is 4.90. The summed E-state index contributed by atoms with van der Waals surface area (Å²) in [5.41, 5.74) is 7.12. The van der Waals surface area contributed by atoms with Gasteiger partial charge in [0.15, 0.2) is 11.6 Å². The van der Waals surface area contributed by atoms with Gasteiger partial charge in [-0.05, 0) is 13.0 Å². The Morgan fingerprint density at radius 2 is 2.29 bits per heavy atom. The molecule has 108 valence electrons. The van der Waals surface area contributed by atoms with Gasteiger partial charge in [-0.2, -0.15) is 0 Å². The monoisotopic (exact) mass is 286 g/mol. The van der Waals surface area contributed by atoms with Crippen molar-refractivity contribution in [2.45, 2.75) is 13.0 Å². The van der Waals surface area contributed by atoms with Crippen molar-refractivity contribution in [2.75, 3.05) is 5.73 Å². The normalized spacial score (nSPS) is 23.4. The van der Waals surface area contributed by atoms with Crippen molar-refractivity contribution in [3.05, 3.63) is 54.0 Å². The fraction of sp³-hybridized carbons (Fsp3) is 0.200. The molecule has 1 aromatic heterocycles. The van der Waals surface area contributed by atoms with E-state index in [-0.39, 0.29) is 35.2 Å². The number of nitrogens with one attached hydrogen (secondary N) is 1. The summed E-state index contributed by atoms with van der Waals surface area (Å²) in [4.78, 5) is 7.84. The van der Waals surface area contributed by atoms with Crippen LogP contribution in [0.1, 0.15) is 12.5 Å². The number of ether oxygens (including phenoxy) is 1. The minimum Gasteiger partial charge on any atom is -0.435 e. The Labute approximate surface area is 121 Å². The van der Waals surface area contributed by atoms with Crippen LogP contribution in [0.15, 0.2) is 48.4 Å². The van der Waals surface area contributed by atoms with Gasteiger partial charge in [-0.25, -0.2) is 14.4 Å². The summed E-state index contributed by atoms with van der Waals surface area (Å²) in [6, 6.07) is -0.0632. The van der Waals surface area contributed by atoms with E-state index in [0.29, 0.717) is 5.56 Å². The van der Waals surface area contributed by atoms with Gasteiger partial charge in [0.25, 0.3) is 0 Å². The zero-order chi connectivity index (χ0) is 15.0. The fourth-order valence-corrected chi connectivity index (χ4v) is 2.46. The first-order chi connectivity index (χ1) is 10.1. The SMILES string of the molecule is C=Cc1c(N)ncnc1OC1=C(F)C2C=C(C)NC2C=C1. The Bertz CT molecular complexity index is 693. The third kappa shape index (κ3) is 2.29. The quantitative estimate of drug-likeness (QED) is 0.892. The Hall–Kier alpha value is -2.63. The number of nitrogens with zero attached hydrogens (tertiary/aromatic N) is 2. The molecule has 0 spiro atoms. The summed E-state index contributed by atoms with van der Waals surface area (Å²) in [5, 5.41) is 3.19. The number of nitrogens with two attached hydrogens (primary N) is 1. The molecule has 2 heterocycles. The molecule has 0 saturated carbocycles. The second-order valence-corrected chi connectivity index (χ2v) is 4.90. The molecule has 5 nitrogen and oxygen atoms in total. The lowest BCUT2D eigenvalue weighted by Crippen LogP contribution is -2.29. The molecular weight excluding hydrogens is 271 g/mol. The van der Waals surface area contributed by atoms with Crippen LogP contribution in [0.4, 0.5) is 10.2 Å². The van der Waals surface area contributed by atoms with Crippen LogP contribution < -0.4 is 15.8 Å². The van der Waals surface area contributed by atoms with Crippen LogP contribution in [0, 0.1) is 5.92 Å². The lowest BCUT2D eigenvalue weighted by molar-refractivity contribution is 0.363. The Morgan fingerprint density at radius 1 is 1.48 bits per heavy atom. The number of anilines is 1. The van der Waals surface area contributed by atoms with Crippen molar-refractivity contribution in [2.24, 2.45) is 5.92 Å². The van der Waals surface area contributed by atoms with E-state index in [4.69, 9.17) is 10.5 Å². The van der Waals surface area contributed by atoms with Crippen LogP contribution in [0.5, 0.6) is 5.88 Å². The van der Waals surface area contributed by atoms with E-state index in [0.717, 1.165) is 5.70 Å². The van der Waals surface area contributed by atoms with E-state index in [1.807, 2.05) is 19.1 Å². The number of halogens is 1. The van der Waals surface area contributed by atoms with Crippen LogP contribution in [0.3, 0.4) is 0 Å². The Kier molecular flexibility index (Phi) is 3.21. The molecule has 0 saturated heterocycles. The fourth-order valence-electron chi connectivity index (χ4n) is 2.46. The summed E-state index contributed by atoms with van der Waals surface area (Å²) in [7, 11) is 0. The van der Waals surface area contributed by atoms with Gasteiger partial charge in [0.1, 0.15) is 12.1 Å². The number of fused-ring (bicyclic) bond motifs is 1. The molecule has 0 bridgehead atoms. The van der Waals surface area contributed by atoms with Crippen molar-refractivity contribution < 1.29 is 9.13 Å². The van der Waals surface area contributed by atoms with E-state index < -0.39 is 0 Å². The van der Waals surface area contributed by atoms with Gasteiger partial charge >= 0.3 is 0 Å². The lowest BCUT2D eigenvalue weighted by atomic mass is 9.95. The highest BCUT2D eigenvalue weighted by Crippen LogP contribution is 2.34. The average molecular weight is 286 g/mol. The molecular formula is C15H15FN4O. The summed E-state index contributed by atoms with van der Waals surface area (Å²) in [6.07, 6.45) is 8.07. The number of hydrogen-bond acceptors (Lipinski definition) is 5. The molecule has 0 radical (unpaired) electrons. The standard InChI is InChI=1S/C15H15FN4O/c1-3-9-14(17)18-7-19-15(9)21-12-5-4-11-10(13(12)16)6-8(2)20-11/h3-7,10-11,20H,1H2,2H3,(H2,17,18,19). The first kappa shape index (κ1) is 13.4. The molecule has 3 N–H and O–H groups in total. The zero-order valence-electron chi connectivity index (χ0n) is 11.5. The molecule has 1 aromatic rings. The predicted molar refractivity (Wildman–Crippen MR) is 78.6 cm³/mol. The third-order valence-electron chi connectivity index (χ3n) is 3.48. The van der Waals surface area contributed by atoms with Crippen LogP contribution in [-0.2, 0) is 0 Å². The molecule has 0 amide bonds. The number of rotatable bonds is 3. The van der Waals surface area contributed by atoms with Crippen molar-refractivity contribution in [3.63, 3.8) is 0 Å². The number of nitrogen functional groups attached to an aromatic ring is 1. The van der Waals surface area contributed by atoms with E-state index in [9.17, 15) is 4.39 Å². The summed E-state index contributed by atoms with van der Waals surface area (Å²) in [6.45, 7) is 5.54. The molecule has 1 aliphatic carbocycles. The first-order valence-electron chi connectivity index (χ1n) is 6.53. The van der Waals surface area contributed by atoms with Gasteiger partial charge in [-0.3, -0.25) is 0 Å². The highest BCUT2D eigenvalue weighted by atomic mass is 19.1. The van der Waals surface area contributed by atoms with Gasteiger partial charge in [0.2, 0.25) is 5.88 Å². The van der Waals surface area contributed by atoms with Crippen LogP contribution in [0.25, 0.3) is 6.08 Å². The van der Waals surface area contributed by atoms with E-state index in [1.165, 1.54) is 12.4 Å². The summed E-state index contributed by atoms with van der Waals surface area (Å²) < 4.78 is 20.1. The molecule has 2 unspecified atom stereocenters. The molecule has 0 fully saturated rings. The third-order valence-corrected chi connectivity index (χ3v) is 3.48. The van der Waals surface area contributed by atoms with Crippen LogP contribution in [0.2, 0.25) is 0 Å². The van der Waals surface area contributed by atoms with Gasteiger partial charge in [0.05, 0.1) is 17.5 Å². The minimum atomic E-state index is -0.351. The van der Waals surface area contributed by atoms with Gasteiger partial charge in [0, 0.05) is 5.70 Å². The van der Waals surface area contributed by atoms with E-state index in [1.54, 1.807) is 6.08 Å². The maximum absolute atomic E-state index is 14.5. The minimum absolute atomic E-state index is 0.0632. The number of allylic oxidation sites excluding steroid dienone is 2. The molecule has 2 atom stereocenters. The van der Waals surface area contributed by atoms with Gasteiger partial charge < -0.3 is 15.8 Å². The van der Waals surface area contributed by atoms with Crippen molar-refractivity contribution in [3.8, 4) is 5.88 Å². The molecule has 3 rings (SSSR count). The number of aromatic nitrogens is 2. The van der Waals surface area contributed by atoms with Crippen LogP contribution in [-0.4, -0.2) is 16.0 Å². The van der Waals surface area contributed by atoms with Crippen molar-refractivity contribution >= 4 is 11.9 Å². The molecule has 2 aliphatic rings. The predicted octanol–water partition coefficient (Wildman–Crippen LogP) is 2.32. The molecule has 0 aromatic carbocycles. The van der Waals surface area contributed by atoms with Crippen molar-refractivity contribution in [1.29, 1.82) is 0 Å². The van der Waals surface area contributed by atoms with Crippen LogP contribution >= 0.6 is 0 Å². The maximum atomic E-state index is 14.5. The van der Waals surface area contributed by atoms with E-state index >= 15 is 0 Å². The average Bonchev–Trinajstić information content (AvgIpc) is 2.84. The summed E-state index contributed by atoms with van der Waals surface area (Å²) in [5.74, 6) is -0.120.